The number of anilines is 2. The third kappa shape index (κ3) is 5.14. The predicted molar refractivity (Wildman–Crippen MR) is 146 cm³/mol. The highest BCUT2D eigenvalue weighted by Gasteiger charge is 2.42. The summed E-state index contributed by atoms with van der Waals surface area (Å²) in [5.41, 5.74) is 4.63. The van der Waals surface area contributed by atoms with Gasteiger partial charge >= 0.3 is 0 Å². The molecule has 38 heavy (non-hydrogen) atoms. The second-order valence-corrected chi connectivity index (χ2v) is 10.7. The van der Waals surface area contributed by atoms with E-state index in [1.807, 2.05) is 53.4 Å². The number of ketones is 1. The van der Waals surface area contributed by atoms with Gasteiger partial charge in [0.15, 0.2) is 5.78 Å². The maximum atomic E-state index is 13.8. The SMILES string of the molecule is COc1ccccc1C1C2=C(CC(C)(C)CC2=O)Nc2ccccc2N1CC(=O)NCc1ccc(F)cc1. The van der Waals surface area contributed by atoms with Gasteiger partial charge in [-0.2, -0.15) is 0 Å². The summed E-state index contributed by atoms with van der Waals surface area (Å²) in [4.78, 5) is 29.2. The fraction of sp³-hybridized carbons (Fsp3) is 0.290. The minimum absolute atomic E-state index is 0.00998. The zero-order chi connectivity index (χ0) is 26.9. The van der Waals surface area contributed by atoms with Crippen molar-refractivity contribution in [2.24, 2.45) is 5.41 Å². The number of Topliss-reactive ketones (excluding diaryl/α,β-unsaturated/α-hetero) is 1. The number of hydrogen-bond acceptors (Lipinski definition) is 5. The molecule has 0 spiro atoms. The lowest BCUT2D eigenvalue weighted by molar-refractivity contribution is -0.121. The number of carbonyl (C=O) groups excluding carboxylic acids is 2. The van der Waals surface area contributed by atoms with E-state index in [1.54, 1.807) is 19.2 Å². The summed E-state index contributed by atoms with van der Waals surface area (Å²) in [5.74, 6) is 0.178. The minimum atomic E-state index is -0.530. The summed E-state index contributed by atoms with van der Waals surface area (Å²) in [6.07, 6.45) is 1.12. The molecule has 1 aliphatic heterocycles. The number of halogens is 1. The van der Waals surface area contributed by atoms with Crippen LogP contribution in [0.1, 0.15) is 43.9 Å². The van der Waals surface area contributed by atoms with Crippen LogP contribution in [0.15, 0.2) is 84.1 Å². The third-order valence-electron chi connectivity index (χ3n) is 7.15. The van der Waals surface area contributed by atoms with Crippen LogP contribution >= 0.6 is 0 Å². The van der Waals surface area contributed by atoms with E-state index in [9.17, 15) is 14.0 Å². The van der Waals surface area contributed by atoms with Crippen molar-refractivity contribution in [1.29, 1.82) is 0 Å². The summed E-state index contributed by atoms with van der Waals surface area (Å²) in [5, 5.41) is 6.52. The Morgan fingerprint density at radius 3 is 2.53 bits per heavy atom. The lowest BCUT2D eigenvalue weighted by Gasteiger charge is -2.38. The highest BCUT2D eigenvalue weighted by atomic mass is 19.1. The van der Waals surface area contributed by atoms with Crippen LogP contribution in [0.2, 0.25) is 0 Å². The van der Waals surface area contributed by atoms with Gasteiger partial charge in [-0.15, -0.1) is 0 Å². The van der Waals surface area contributed by atoms with Crippen molar-refractivity contribution in [2.45, 2.75) is 39.3 Å². The molecule has 0 saturated heterocycles. The van der Waals surface area contributed by atoms with E-state index < -0.39 is 6.04 Å². The number of hydrogen-bond donors (Lipinski definition) is 2. The van der Waals surface area contributed by atoms with Crippen molar-refractivity contribution in [3.05, 3.63) is 101 Å². The van der Waals surface area contributed by atoms with Gasteiger partial charge in [-0.1, -0.05) is 56.3 Å². The minimum Gasteiger partial charge on any atom is -0.496 e. The molecule has 0 aromatic heterocycles. The number of methoxy groups -OCH3 is 1. The molecule has 3 aromatic rings. The van der Waals surface area contributed by atoms with E-state index in [4.69, 9.17) is 4.74 Å². The predicted octanol–water partition coefficient (Wildman–Crippen LogP) is 5.77. The topological polar surface area (TPSA) is 70.7 Å². The Labute approximate surface area is 222 Å². The van der Waals surface area contributed by atoms with Crippen LogP contribution in [0.4, 0.5) is 15.8 Å². The first-order chi connectivity index (χ1) is 18.3. The van der Waals surface area contributed by atoms with Crippen LogP contribution < -0.4 is 20.3 Å². The average molecular weight is 514 g/mol. The van der Waals surface area contributed by atoms with Crippen molar-refractivity contribution in [3.8, 4) is 5.75 Å². The van der Waals surface area contributed by atoms with Gasteiger partial charge in [-0.3, -0.25) is 9.59 Å². The van der Waals surface area contributed by atoms with Gasteiger partial charge in [-0.25, -0.2) is 4.39 Å². The molecule has 1 unspecified atom stereocenters. The van der Waals surface area contributed by atoms with Crippen molar-refractivity contribution in [1.82, 2.24) is 5.32 Å². The summed E-state index contributed by atoms with van der Waals surface area (Å²) in [7, 11) is 1.61. The highest BCUT2D eigenvalue weighted by molar-refractivity contribution is 6.02. The fourth-order valence-electron chi connectivity index (χ4n) is 5.46. The van der Waals surface area contributed by atoms with E-state index in [2.05, 4.69) is 24.5 Å². The van der Waals surface area contributed by atoms with Gasteiger partial charge in [0.1, 0.15) is 11.6 Å². The largest absolute Gasteiger partial charge is 0.496 e. The average Bonchev–Trinajstić information content (AvgIpc) is 3.02. The number of nitrogens with zero attached hydrogens (tertiary/aromatic N) is 1. The zero-order valence-electron chi connectivity index (χ0n) is 21.9. The Morgan fingerprint density at radius 2 is 1.76 bits per heavy atom. The summed E-state index contributed by atoms with van der Waals surface area (Å²) < 4.78 is 19.1. The molecule has 0 fully saturated rings. The number of rotatable bonds is 6. The van der Waals surface area contributed by atoms with Crippen LogP contribution in [0.5, 0.6) is 5.75 Å². The van der Waals surface area contributed by atoms with E-state index in [-0.39, 0.29) is 36.0 Å². The Bertz CT molecular complexity index is 1400. The number of allylic oxidation sites excluding steroid dienone is 1. The first-order valence-electron chi connectivity index (χ1n) is 12.8. The second kappa shape index (κ2) is 10.3. The van der Waals surface area contributed by atoms with Crippen molar-refractivity contribution < 1.29 is 18.7 Å². The Balaban J connectivity index is 1.59. The number of para-hydroxylation sites is 3. The lowest BCUT2D eigenvalue weighted by Crippen LogP contribution is -2.42. The normalized spacial score (nSPS) is 18.2. The van der Waals surface area contributed by atoms with Crippen LogP contribution in [-0.2, 0) is 16.1 Å². The van der Waals surface area contributed by atoms with Crippen molar-refractivity contribution >= 4 is 23.1 Å². The summed E-state index contributed by atoms with van der Waals surface area (Å²) in [6, 6.07) is 21.0. The number of benzene rings is 3. The maximum absolute atomic E-state index is 13.8. The molecule has 1 amide bonds. The molecule has 5 rings (SSSR count). The second-order valence-electron chi connectivity index (χ2n) is 10.7. The quantitative estimate of drug-likeness (QED) is 0.438. The van der Waals surface area contributed by atoms with Crippen LogP contribution in [-0.4, -0.2) is 25.3 Å². The van der Waals surface area contributed by atoms with Crippen LogP contribution in [0.3, 0.4) is 0 Å². The van der Waals surface area contributed by atoms with E-state index in [1.165, 1.54) is 12.1 Å². The molecule has 1 aliphatic carbocycles. The Kier molecular flexibility index (Phi) is 6.93. The van der Waals surface area contributed by atoms with Gasteiger partial charge in [0, 0.05) is 29.8 Å². The molecule has 0 radical (unpaired) electrons. The highest BCUT2D eigenvalue weighted by Crippen LogP contribution is 2.49. The van der Waals surface area contributed by atoms with Crippen molar-refractivity contribution in [2.75, 3.05) is 23.9 Å². The van der Waals surface area contributed by atoms with E-state index >= 15 is 0 Å². The Morgan fingerprint density at radius 1 is 1.05 bits per heavy atom. The van der Waals surface area contributed by atoms with Crippen LogP contribution in [0, 0.1) is 11.2 Å². The monoisotopic (exact) mass is 513 g/mol. The summed E-state index contributed by atoms with van der Waals surface area (Å²) >= 11 is 0. The number of carbonyl (C=O) groups is 2. The van der Waals surface area contributed by atoms with Gasteiger partial charge < -0.3 is 20.3 Å². The molecule has 7 heteroatoms. The number of ether oxygens (including phenoxy) is 1. The lowest BCUT2D eigenvalue weighted by atomic mass is 9.73. The van der Waals surface area contributed by atoms with E-state index in [0.29, 0.717) is 24.2 Å². The smallest absolute Gasteiger partial charge is 0.239 e. The molecule has 2 aliphatic rings. The molecule has 196 valence electrons. The van der Waals surface area contributed by atoms with Gasteiger partial charge in [0.05, 0.1) is 31.1 Å². The molecule has 2 N–H and O–H groups in total. The molecule has 1 heterocycles. The first kappa shape index (κ1) is 25.5. The summed E-state index contributed by atoms with van der Waals surface area (Å²) in [6.45, 7) is 4.49. The van der Waals surface area contributed by atoms with Crippen LogP contribution in [0.25, 0.3) is 0 Å². The molecule has 6 nitrogen and oxygen atoms in total. The molecular weight excluding hydrogens is 481 g/mol. The molecule has 3 aromatic carbocycles. The number of nitrogens with one attached hydrogen (secondary N) is 2. The number of amides is 1. The molecule has 0 bridgehead atoms. The zero-order valence-corrected chi connectivity index (χ0v) is 21.9. The maximum Gasteiger partial charge on any atom is 0.239 e. The van der Waals surface area contributed by atoms with Gasteiger partial charge in [0.2, 0.25) is 5.91 Å². The molecule has 1 atom stereocenters. The van der Waals surface area contributed by atoms with Gasteiger partial charge in [-0.05, 0) is 47.7 Å². The third-order valence-corrected chi connectivity index (χ3v) is 7.15. The molecule has 0 saturated carbocycles. The number of fused-ring (bicyclic) bond motifs is 1. The van der Waals surface area contributed by atoms with Crippen molar-refractivity contribution in [3.63, 3.8) is 0 Å². The fourth-order valence-corrected chi connectivity index (χ4v) is 5.46. The van der Waals surface area contributed by atoms with E-state index in [0.717, 1.165) is 28.2 Å². The Hall–Kier alpha value is -4.13. The first-order valence-corrected chi connectivity index (χ1v) is 12.8. The molecular formula is C31H32FN3O3. The standard InChI is InChI=1S/C31H32FN3O3/c1-31(2)16-24-29(26(36)17-31)30(22-8-4-7-11-27(22)38-3)35(25-10-6-5-9-23(25)34-24)19-28(37)33-18-20-12-14-21(32)15-13-20/h4-15,30,34H,16-19H2,1-3H3,(H,33,37). The van der Waals surface area contributed by atoms with Gasteiger partial charge in [0.25, 0.3) is 0 Å².